The Morgan fingerprint density at radius 1 is 1.62 bits per heavy atom. The van der Waals surface area contributed by atoms with E-state index in [9.17, 15) is 0 Å². The van der Waals surface area contributed by atoms with Crippen LogP contribution in [0.5, 0.6) is 0 Å². The molecule has 1 rings (SSSR count). The Labute approximate surface area is 56.6 Å². The van der Waals surface area contributed by atoms with Crippen molar-refractivity contribution in [1.29, 1.82) is 0 Å². The molecule has 0 aromatic rings. The summed E-state index contributed by atoms with van der Waals surface area (Å²) >= 11 is 3.27. The third-order valence-corrected chi connectivity index (χ3v) is 1.45. The average molecular weight is 175 g/mol. The van der Waals surface area contributed by atoms with E-state index in [4.69, 9.17) is 5.73 Å². The molecule has 1 aliphatic rings. The van der Waals surface area contributed by atoms with Crippen LogP contribution in [-0.2, 0) is 0 Å². The SMILES string of the molecule is NC1=CC=C(Br)NC1. The van der Waals surface area contributed by atoms with Crippen LogP contribution in [0.25, 0.3) is 0 Å². The highest BCUT2D eigenvalue weighted by molar-refractivity contribution is 9.11. The summed E-state index contributed by atoms with van der Waals surface area (Å²) in [5.74, 6) is 0. The van der Waals surface area contributed by atoms with Crippen molar-refractivity contribution in [3.63, 3.8) is 0 Å². The normalized spacial score (nSPS) is 18.6. The number of hydrogen-bond donors (Lipinski definition) is 2. The molecule has 0 saturated carbocycles. The summed E-state index contributed by atoms with van der Waals surface area (Å²) < 4.78 is 0.992. The fourth-order valence-electron chi connectivity index (χ4n) is 0.485. The summed E-state index contributed by atoms with van der Waals surface area (Å²) in [6.07, 6.45) is 3.76. The van der Waals surface area contributed by atoms with Crippen LogP contribution in [0.15, 0.2) is 22.5 Å². The molecule has 0 aromatic carbocycles. The van der Waals surface area contributed by atoms with Gasteiger partial charge < -0.3 is 11.1 Å². The summed E-state index contributed by atoms with van der Waals surface area (Å²) in [6, 6.07) is 0. The first-order chi connectivity index (χ1) is 3.79. The molecule has 3 heteroatoms. The maximum absolute atomic E-state index is 5.43. The number of rotatable bonds is 0. The lowest BCUT2D eigenvalue weighted by atomic mass is 10.3. The predicted octanol–water partition coefficient (Wildman–Crippen LogP) is 0.669. The molecule has 0 unspecified atom stereocenters. The maximum Gasteiger partial charge on any atom is 0.0783 e. The molecule has 1 heterocycles. The lowest BCUT2D eigenvalue weighted by molar-refractivity contribution is 0.897. The van der Waals surface area contributed by atoms with Gasteiger partial charge in [0.1, 0.15) is 0 Å². The molecule has 0 aliphatic carbocycles. The van der Waals surface area contributed by atoms with Gasteiger partial charge in [0.25, 0.3) is 0 Å². The highest BCUT2D eigenvalue weighted by atomic mass is 79.9. The van der Waals surface area contributed by atoms with Crippen LogP contribution in [0.1, 0.15) is 0 Å². The third-order valence-electron chi connectivity index (χ3n) is 0.905. The largest absolute Gasteiger partial charge is 0.401 e. The van der Waals surface area contributed by atoms with Crippen molar-refractivity contribution in [2.75, 3.05) is 6.54 Å². The molecule has 44 valence electrons. The van der Waals surface area contributed by atoms with Gasteiger partial charge in [0.15, 0.2) is 0 Å². The molecule has 0 saturated heterocycles. The van der Waals surface area contributed by atoms with E-state index in [2.05, 4.69) is 21.2 Å². The van der Waals surface area contributed by atoms with Crippen molar-refractivity contribution in [3.8, 4) is 0 Å². The Morgan fingerprint density at radius 3 is 2.75 bits per heavy atom. The Bertz CT molecular complexity index is 131. The molecule has 0 radical (unpaired) electrons. The molecule has 1 aliphatic heterocycles. The van der Waals surface area contributed by atoms with Crippen molar-refractivity contribution in [2.45, 2.75) is 0 Å². The number of hydrogen-bond acceptors (Lipinski definition) is 2. The molecular weight excluding hydrogens is 168 g/mol. The predicted molar refractivity (Wildman–Crippen MR) is 37.3 cm³/mol. The standard InChI is InChI=1S/C5H7BrN2/c6-5-2-1-4(7)3-8-5/h1-2,8H,3,7H2. The van der Waals surface area contributed by atoms with Crippen molar-refractivity contribution >= 4 is 15.9 Å². The summed E-state index contributed by atoms with van der Waals surface area (Å²) in [5, 5.41) is 3.02. The van der Waals surface area contributed by atoms with E-state index in [1.807, 2.05) is 12.2 Å². The van der Waals surface area contributed by atoms with Gasteiger partial charge in [0, 0.05) is 5.70 Å². The summed E-state index contributed by atoms with van der Waals surface area (Å²) in [4.78, 5) is 0. The van der Waals surface area contributed by atoms with E-state index in [1.165, 1.54) is 0 Å². The lowest BCUT2D eigenvalue weighted by Gasteiger charge is -2.08. The lowest BCUT2D eigenvalue weighted by Crippen LogP contribution is -2.20. The number of nitrogens with one attached hydrogen (secondary N) is 1. The second-order valence-corrected chi connectivity index (χ2v) is 2.46. The van der Waals surface area contributed by atoms with Crippen molar-refractivity contribution < 1.29 is 0 Å². The molecule has 8 heavy (non-hydrogen) atoms. The zero-order chi connectivity index (χ0) is 5.98. The Hall–Kier alpha value is -0.440. The van der Waals surface area contributed by atoms with Crippen LogP contribution in [-0.4, -0.2) is 6.54 Å². The summed E-state index contributed by atoms with van der Waals surface area (Å²) in [6.45, 7) is 0.747. The van der Waals surface area contributed by atoms with Crippen LogP contribution in [0.3, 0.4) is 0 Å². The molecule has 0 bridgehead atoms. The molecule has 0 aromatic heterocycles. The Morgan fingerprint density at radius 2 is 2.38 bits per heavy atom. The fourth-order valence-corrected chi connectivity index (χ4v) is 0.757. The smallest absolute Gasteiger partial charge is 0.0783 e. The van der Waals surface area contributed by atoms with Crippen LogP contribution in [0.2, 0.25) is 0 Å². The van der Waals surface area contributed by atoms with Crippen LogP contribution < -0.4 is 11.1 Å². The van der Waals surface area contributed by atoms with Crippen LogP contribution in [0, 0.1) is 0 Å². The van der Waals surface area contributed by atoms with Gasteiger partial charge in [-0.3, -0.25) is 0 Å². The van der Waals surface area contributed by atoms with Gasteiger partial charge in [-0.15, -0.1) is 0 Å². The third kappa shape index (κ3) is 1.26. The van der Waals surface area contributed by atoms with Gasteiger partial charge >= 0.3 is 0 Å². The quantitative estimate of drug-likeness (QED) is 0.531. The van der Waals surface area contributed by atoms with Gasteiger partial charge in [-0.2, -0.15) is 0 Å². The van der Waals surface area contributed by atoms with Gasteiger partial charge in [0.05, 0.1) is 11.2 Å². The van der Waals surface area contributed by atoms with E-state index in [0.29, 0.717) is 0 Å². The highest BCUT2D eigenvalue weighted by Gasteiger charge is 1.95. The highest BCUT2D eigenvalue weighted by Crippen LogP contribution is 2.04. The number of nitrogens with two attached hydrogens (primary N) is 1. The first-order valence-electron chi connectivity index (χ1n) is 2.35. The van der Waals surface area contributed by atoms with E-state index < -0.39 is 0 Å². The van der Waals surface area contributed by atoms with Gasteiger partial charge in [0.2, 0.25) is 0 Å². The van der Waals surface area contributed by atoms with E-state index in [0.717, 1.165) is 16.8 Å². The molecule has 0 spiro atoms. The summed E-state index contributed by atoms with van der Waals surface area (Å²) in [5.41, 5.74) is 6.30. The van der Waals surface area contributed by atoms with Crippen molar-refractivity contribution in [2.24, 2.45) is 5.73 Å². The van der Waals surface area contributed by atoms with E-state index >= 15 is 0 Å². The number of dihydropyridines is 1. The molecule has 2 nitrogen and oxygen atoms in total. The first-order valence-corrected chi connectivity index (χ1v) is 3.14. The van der Waals surface area contributed by atoms with Gasteiger partial charge in [-0.1, -0.05) is 0 Å². The minimum absolute atomic E-state index is 0.747. The Balaban J connectivity index is 2.65. The van der Waals surface area contributed by atoms with Crippen molar-refractivity contribution in [3.05, 3.63) is 22.5 Å². The molecule has 3 N–H and O–H groups in total. The second-order valence-electron chi connectivity index (χ2n) is 1.61. The fraction of sp³-hybridized carbons (Fsp3) is 0.200. The monoisotopic (exact) mass is 174 g/mol. The summed E-state index contributed by atoms with van der Waals surface area (Å²) in [7, 11) is 0. The van der Waals surface area contributed by atoms with Crippen LogP contribution >= 0.6 is 15.9 Å². The number of halogens is 1. The van der Waals surface area contributed by atoms with Gasteiger partial charge in [-0.25, -0.2) is 0 Å². The Kier molecular flexibility index (Phi) is 1.58. The molecule has 0 atom stereocenters. The molecule has 0 fully saturated rings. The van der Waals surface area contributed by atoms with E-state index in [1.54, 1.807) is 0 Å². The zero-order valence-electron chi connectivity index (χ0n) is 4.32. The zero-order valence-corrected chi connectivity index (χ0v) is 5.90. The second kappa shape index (κ2) is 2.22. The minimum Gasteiger partial charge on any atom is -0.401 e. The van der Waals surface area contributed by atoms with Crippen LogP contribution in [0.4, 0.5) is 0 Å². The molecule has 0 amide bonds. The topological polar surface area (TPSA) is 38.0 Å². The average Bonchev–Trinajstić information content (AvgIpc) is 1.77. The number of allylic oxidation sites excluding steroid dienone is 2. The first kappa shape index (κ1) is 5.69. The van der Waals surface area contributed by atoms with E-state index in [-0.39, 0.29) is 0 Å². The maximum atomic E-state index is 5.43. The van der Waals surface area contributed by atoms with Gasteiger partial charge in [-0.05, 0) is 28.1 Å². The molecular formula is C5H7BrN2. The minimum atomic E-state index is 0.747. The van der Waals surface area contributed by atoms with Crippen molar-refractivity contribution in [1.82, 2.24) is 5.32 Å².